The van der Waals surface area contributed by atoms with Crippen LogP contribution < -0.4 is 4.74 Å². The molecule has 122 valence electrons. The lowest BCUT2D eigenvalue weighted by Crippen LogP contribution is -2.42. The van der Waals surface area contributed by atoms with E-state index in [1.165, 1.54) is 11.1 Å². The number of hydrogen-bond donors (Lipinski definition) is 0. The number of ketones is 1. The molecule has 0 amide bonds. The number of ether oxygens (including phenoxy) is 1. The minimum atomic E-state index is -0.795. The molecular formula is C19H21ClO3. The van der Waals surface area contributed by atoms with Gasteiger partial charge in [-0.15, -0.1) is 0 Å². The number of benzene rings is 1. The van der Waals surface area contributed by atoms with Gasteiger partial charge >= 0.3 is 5.43 Å². The molecule has 1 aromatic carbocycles. The van der Waals surface area contributed by atoms with Gasteiger partial charge < -0.3 is 4.74 Å². The Balaban J connectivity index is 1.65. The fourth-order valence-corrected chi connectivity index (χ4v) is 5.57. The van der Waals surface area contributed by atoms with E-state index < -0.39 is 5.43 Å². The zero-order chi connectivity index (χ0) is 16.2. The molecular weight excluding hydrogens is 312 g/mol. The molecule has 0 N–H and O–H groups in total. The van der Waals surface area contributed by atoms with Crippen molar-refractivity contribution in [3.05, 3.63) is 29.3 Å². The third-order valence-corrected chi connectivity index (χ3v) is 6.68. The van der Waals surface area contributed by atoms with Crippen LogP contribution >= 0.6 is 11.6 Å². The molecule has 2 fully saturated rings. The van der Waals surface area contributed by atoms with Crippen LogP contribution in [0.5, 0.6) is 5.75 Å². The van der Waals surface area contributed by atoms with Crippen LogP contribution in [0.1, 0.15) is 56.1 Å². The van der Waals surface area contributed by atoms with Crippen molar-refractivity contribution in [2.24, 2.45) is 17.3 Å². The number of halogens is 1. The Bertz CT molecular complexity index is 683. The van der Waals surface area contributed by atoms with Crippen LogP contribution in [0.4, 0.5) is 4.79 Å². The Hall–Kier alpha value is -1.35. The first-order chi connectivity index (χ1) is 11.0. The molecule has 1 aromatic rings. The van der Waals surface area contributed by atoms with Crippen LogP contribution in [-0.2, 0) is 11.2 Å². The maximum absolute atomic E-state index is 12.3. The fraction of sp³-hybridized carbons (Fsp3) is 0.579. The number of rotatable bonds is 1. The molecule has 3 nitrogen and oxygen atoms in total. The smallest absolute Gasteiger partial charge is 0.409 e. The van der Waals surface area contributed by atoms with Gasteiger partial charge in [-0.3, -0.25) is 4.79 Å². The molecule has 4 atom stereocenters. The van der Waals surface area contributed by atoms with E-state index in [4.69, 9.17) is 16.3 Å². The van der Waals surface area contributed by atoms with Crippen LogP contribution in [0.25, 0.3) is 0 Å². The van der Waals surface area contributed by atoms with Gasteiger partial charge in [0.1, 0.15) is 11.5 Å². The molecule has 0 saturated heterocycles. The van der Waals surface area contributed by atoms with E-state index in [9.17, 15) is 9.59 Å². The predicted octanol–water partition coefficient (Wildman–Crippen LogP) is 4.85. The number of fused-ring (bicyclic) bond motifs is 5. The highest BCUT2D eigenvalue weighted by Crippen LogP contribution is 2.59. The van der Waals surface area contributed by atoms with Gasteiger partial charge in [0.15, 0.2) is 0 Å². The van der Waals surface area contributed by atoms with E-state index in [0.717, 1.165) is 38.5 Å². The first kappa shape index (κ1) is 15.2. The van der Waals surface area contributed by atoms with Crippen LogP contribution in [0.15, 0.2) is 18.2 Å². The van der Waals surface area contributed by atoms with E-state index in [0.29, 0.717) is 29.3 Å². The minimum absolute atomic E-state index is 0.0766. The van der Waals surface area contributed by atoms with Gasteiger partial charge in [0.2, 0.25) is 0 Å². The summed E-state index contributed by atoms with van der Waals surface area (Å²) in [7, 11) is 0. The quantitative estimate of drug-likeness (QED) is 0.690. The summed E-state index contributed by atoms with van der Waals surface area (Å²) in [4.78, 5) is 23.2. The zero-order valence-electron chi connectivity index (χ0n) is 13.3. The molecule has 0 aliphatic heterocycles. The van der Waals surface area contributed by atoms with Crippen LogP contribution in [0.2, 0.25) is 0 Å². The molecule has 2 saturated carbocycles. The summed E-state index contributed by atoms with van der Waals surface area (Å²) in [5.74, 6) is 2.72. The summed E-state index contributed by atoms with van der Waals surface area (Å²) in [5.41, 5.74) is 1.79. The van der Waals surface area contributed by atoms with E-state index in [1.54, 1.807) is 0 Å². The zero-order valence-corrected chi connectivity index (χ0v) is 14.1. The molecule has 0 heterocycles. The lowest BCUT2D eigenvalue weighted by Gasteiger charge is -2.48. The minimum Gasteiger partial charge on any atom is -0.414 e. The van der Waals surface area contributed by atoms with Crippen molar-refractivity contribution in [1.82, 2.24) is 0 Å². The summed E-state index contributed by atoms with van der Waals surface area (Å²) >= 11 is 5.30. The van der Waals surface area contributed by atoms with Crippen LogP contribution in [0, 0.1) is 17.3 Å². The van der Waals surface area contributed by atoms with Crippen LogP contribution in [-0.4, -0.2) is 11.2 Å². The van der Waals surface area contributed by atoms with Gasteiger partial charge in [-0.1, -0.05) is 13.0 Å². The molecule has 3 aliphatic rings. The van der Waals surface area contributed by atoms with Gasteiger partial charge in [0, 0.05) is 23.4 Å². The van der Waals surface area contributed by atoms with E-state index in [1.807, 2.05) is 12.1 Å². The third kappa shape index (κ3) is 2.32. The summed E-state index contributed by atoms with van der Waals surface area (Å²) < 4.78 is 5.00. The Morgan fingerprint density at radius 1 is 1.26 bits per heavy atom. The number of aryl methyl sites for hydroxylation is 1. The third-order valence-electron chi connectivity index (χ3n) is 6.61. The van der Waals surface area contributed by atoms with Crippen LogP contribution in [0.3, 0.4) is 0 Å². The van der Waals surface area contributed by atoms with Gasteiger partial charge in [-0.25, -0.2) is 4.79 Å². The maximum Gasteiger partial charge on any atom is 0.409 e. The lowest BCUT2D eigenvalue weighted by molar-refractivity contribution is -0.129. The average molecular weight is 333 g/mol. The standard InChI is InChI=1S/C19H21ClO3/c1-19-9-8-14-13-5-3-12(23-18(20)22)10-11(13)2-4-15(14)16(19)6-7-17(19)21/h3,5,10,14-16H,2,4,6-9H2,1H3. The largest absolute Gasteiger partial charge is 0.414 e. The van der Waals surface area contributed by atoms with E-state index >= 15 is 0 Å². The van der Waals surface area contributed by atoms with E-state index in [2.05, 4.69) is 13.0 Å². The summed E-state index contributed by atoms with van der Waals surface area (Å²) in [6, 6.07) is 5.90. The highest BCUT2D eigenvalue weighted by molar-refractivity contribution is 6.61. The van der Waals surface area contributed by atoms with Gasteiger partial charge in [-0.2, -0.15) is 0 Å². The number of hydrogen-bond acceptors (Lipinski definition) is 3. The molecule has 0 radical (unpaired) electrons. The van der Waals surface area contributed by atoms with Gasteiger partial charge in [0.25, 0.3) is 0 Å². The molecule has 4 rings (SSSR count). The monoisotopic (exact) mass is 332 g/mol. The summed E-state index contributed by atoms with van der Waals surface area (Å²) in [5, 5.41) is 0. The fourth-order valence-electron chi connectivity index (χ4n) is 5.49. The maximum atomic E-state index is 12.3. The highest BCUT2D eigenvalue weighted by Gasteiger charge is 2.54. The number of carbonyl (C=O) groups excluding carboxylic acids is 2. The van der Waals surface area contributed by atoms with Crippen molar-refractivity contribution < 1.29 is 14.3 Å². The van der Waals surface area contributed by atoms with Gasteiger partial charge in [-0.05, 0) is 73.1 Å². The van der Waals surface area contributed by atoms with Crippen molar-refractivity contribution in [1.29, 1.82) is 0 Å². The Kier molecular flexibility index (Phi) is 3.53. The number of Topliss-reactive ketones (excluding diaryl/α,β-unsaturated/α-hetero) is 1. The molecule has 0 spiro atoms. The summed E-state index contributed by atoms with van der Waals surface area (Å²) in [6.07, 6.45) is 6.05. The van der Waals surface area contributed by atoms with Crippen molar-refractivity contribution in [3.8, 4) is 5.75 Å². The van der Waals surface area contributed by atoms with Gasteiger partial charge in [0.05, 0.1) is 0 Å². The van der Waals surface area contributed by atoms with Crippen molar-refractivity contribution in [2.45, 2.75) is 51.4 Å². The topological polar surface area (TPSA) is 43.4 Å². The number of carbonyl (C=O) groups is 2. The second kappa shape index (κ2) is 5.34. The Morgan fingerprint density at radius 2 is 2.09 bits per heavy atom. The summed E-state index contributed by atoms with van der Waals surface area (Å²) in [6.45, 7) is 2.20. The van der Waals surface area contributed by atoms with Crippen molar-refractivity contribution in [2.75, 3.05) is 0 Å². The highest BCUT2D eigenvalue weighted by atomic mass is 35.5. The first-order valence-electron chi connectivity index (χ1n) is 8.52. The second-order valence-electron chi connectivity index (χ2n) is 7.53. The first-order valence-corrected chi connectivity index (χ1v) is 8.90. The predicted molar refractivity (Wildman–Crippen MR) is 87.9 cm³/mol. The second-order valence-corrected chi connectivity index (χ2v) is 7.84. The molecule has 23 heavy (non-hydrogen) atoms. The van der Waals surface area contributed by atoms with Crippen molar-refractivity contribution in [3.63, 3.8) is 0 Å². The lowest BCUT2D eigenvalue weighted by atomic mass is 9.55. The molecule has 0 bridgehead atoms. The molecule has 4 unspecified atom stereocenters. The van der Waals surface area contributed by atoms with E-state index in [-0.39, 0.29) is 5.41 Å². The SMILES string of the molecule is CC12CCC3c4ccc(OC(=O)Cl)cc4CCC3C1CCC2=O. The molecule has 0 aromatic heterocycles. The Labute approximate surface area is 141 Å². The Morgan fingerprint density at radius 3 is 2.87 bits per heavy atom. The normalized spacial score (nSPS) is 35.2. The average Bonchev–Trinajstić information content (AvgIpc) is 2.82. The van der Waals surface area contributed by atoms with Crippen molar-refractivity contribution >= 4 is 22.8 Å². The molecule has 4 heteroatoms. The molecule has 3 aliphatic carbocycles.